The molecule has 1 fully saturated rings. The van der Waals surface area contributed by atoms with Crippen molar-refractivity contribution in [3.8, 4) is 0 Å². The second-order valence-electron chi connectivity index (χ2n) is 4.79. The SMILES string of the molecule is CCN(CC)C1CCN(C(=O)NCCOCC(=O)O)C1. The van der Waals surface area contributed by atoms with Gasteiger partial charge in [0.25, 0.3) is 0 Å². The molecule has 0 radical (unpaired) electrons. The second-order valence-corrected chi connectivity index (χ2v) is 4.79. The summed E-state index contributed by atoms with van der Waals surface area (Å²) in [6.07, 6.45) is 1.00. The number of amides is 2. The molecule has 0 aliphatic carbocycles. The Hall–Kier alpha value is -1.34. The van der Waals surface area contributed by atoms with Crippen LogP contribution in [0.15, 0.2) is 0 Å². The lowest BCUT2D eigenvalue weighted by atomic mass is 10.2. The van der Waals surface area contributed by atoms with Crippen molar-refractivity contribution in [3.63, 3.8) is 0 Å². The second kappa shape index (κ2) is 8.76. The summed E-state index contributed by atoms with van der Waals surface area (Å²) in [6.45, 7) is 8.00. The van der Waals surface area contributed by atoms with Crippen molar-refractivity contribution >= 4 is 12.0 Å². The molecular formula is C13H25N3O4. The third kappa shape index (κ3) is 5.34. The Morgan fingerprint density at radius 3 is 2.70 bits per heavy atom. The number of aliphatic carboxylic acids is 1. The molecule has 1 rings (SSSR count). The molecule has 0 aromatic heterocycles. The van der Waals surface area contributed by atoms with Gasteiger partial charge in [-0.1, -0.05) is 13.8 Å². The quantitative estimate of drug-likeness (QED) is 0.624. The molecule has 2 N–H and O–H groups in total. The fraction of sp³-hybridized carbons (Fsp3) is 0.846. The van der Waals surface area contributed by atoms with Crippen LogP contribution in [0.25, 0.3) is 0 Å². The lowest BCUT2D eigenvalue weighted by molar-refractivity contribution is -0.142. The average molecular weight is 287 g/mol. The van der Waals surface area contributed by atoms with Crippen molar-refractivity contribution in [3.05, 3.63) is 0 Å². The third-order valence-corrected chi connectivity index (χ3v) is 3.53. The number of hydrogen-bond acceptors (Lipinski definition) is 4. The van der Waals surface area contributed by atoms with Gasteiger partial charge in [-0.25, -0.2) is 9.59 Å². The number of urea groups is 1. The zero-order valence-electron chi connectivity index (χ0n) is 12.3. The van der Waals surface area contributed by atoms with E-state index in [0.29, 0.717) is 12.6 Å². The molecule has 116 valence electrons. The molecule has 0 bridgehead atoms. The highest BCUT2D eigenvalue weighted by atomic mass is 16.5. The Balaban J connectivity index is 2.20. The minimum Gasteiger partial charge on any atom is -0.480 e. The highest BCUT2D eigenvalue weighted by Crippen LogP contribution is 2.15. The van der Waals surface area contributed by atoms with Crippen LogP contribution in [0.5, 0.6) is 0 Å². The van der Waals surface area contributed by atoms with Crippen molar-refractivity contribution in [1.29, 1.82) is 0 Å². The maximum atomic E-state index is 11.9. The summed E-state index contributed by atoms with van der Waals surface area (Å²) >= 11 is 0. The molecule has 1 atom stereocenters. The lowest BCUT2D eigenvalue weighted by Crippen LogP contribution is -2.43. The van der Waals surface area contributed by atoms with E-state index in [1.807, 2.05) is 0 Å². The molecule has 1 aliphatic rings. The Kier molecular flexibility index (Phi) is 7.32. The standard InChI is InChI=1S/C13H25N3O4/c1-3-15(4-2)11-5-7-16(9-11)13(19)14-6-8-20-10-12(17)18/h11H,3-10H2,1-2H3,(H,14,19)(H,17,18). The summed E-state index contributed by atoms with van der Waals surface area (Å²) in [5.41, 5.74) is 0. The number of nitrogens with zero attached hydrogens (tertiary/aromatic N) is 2. The van der Waals surface area contributed by atoms with E-state index in [1.165, 1.54) is 0 Å². The first-order valence-corrected chi connectivity index (χ1v) is 7.14. The molecule has 1 saturated heterocycles. The molecule has 7 heteroatoms. The number of hydrogen-bond donors (Lipinski definition) is 2. The van der Waals surface area contributed by atoms with Gasteiger partial charge in [-0.15, -0.1) is 0 Å². The number of rotatable bonds is 8. The van der Waals surface area contributed by atoms with Crippen LogP contribution in [0.3, 0.4) is 0 Å². The number of likely N-dealkylation sites (N-methyl/N-ethyl adjacent to an activating group) is 1. The van der Waals surface area contributed by atoms with E-state index in [2.05, 4.69) is 24.1 Å². The number of carbonyl (C=O) groups excluding carboxylic acids is 1. The molecule has 1 aliphatic heterocycles. The zero-order chi connectivity index (χ0) is 15.0. The van der Waals surface area contributed by atoms with Gasteiger partial charge < -0.3 is 20.1 Å². The Bertz CT molecular complexity index is 321. The summed E-state index contributed by atoms with van der Waals surface area (Å²) in [5, 5.41) is 11.1. The fourth-order valence-electron chi connectivity index (χ4n) is 2.47. The molecule has 0 aromatic carbocycles. The van der Waals surface area contributed by atoms with Gasteiger partial charge in [0.05, 0.1) is 6.61 Å². The number of carboxylic acids is 1. The van der Waals surface area contributed by atoms with E-state index in [0.717, 1.165) is 32.6 Å². The predicted molar refractivity (Wildman–Crippen MR) is 74.8 cm³/mol. The van der Waals surface area contributed by atoms with Crippen LogP contribution in [0.2, 0.25) is 0 Å². The van der Waals surface area contributed by atoms with E-state index in [1.54, 1.807) is 4.90 Å². The number of likely N-dealkylation sites (tertiary alicyclic amines) is 1. The van der Waals surface area contributed by atoms with Gasteiger partial charge >= 0.3 is 12.0 Å². The Morgan fingerprint density at radius 1 is 1.40 bits per heavy atom. The van der Waals surface area contributed by atoms with Crippen molar-refractivity contribution in [1.82, 2.24) is 15.1 Å². The van der Waals surface area contributed by atoms with Crippen LogP contribution in [0, 0.1) is 0 Å². The molecule has 2 amide bonds. The van der Waals surface area contributed by atoms with E-state index in [4.69, 9.17) is 9.84 Å². The minimum atomic E-state index is -1.00. The van der Waals surface area contributed by atoms with E-state index in [9.17, 15) is 9.59 Å². The summed E-state index contributed by atoms with van der Waals surface area (Å²) in [4.78, 5) is 26.3. The highest BCUT2D eigenvalue weighted by molar-refractivity contribution is 5.74. The van der Waals surface area contributed by atoms with Gasteiger partial charge in [0, 0.05) is 25.7 Å². The van der Waals surface area contributed by atoms with Gasteiger partial charge in [-0.3, -0.25) is 4.90 Å². The van der Waals surface area contributed by atoms with Crippen LogP contribution in [-0.4, -0.2) is 78.9 Å². The maximum absolute atomic E-state index is 11.9. The van der Waals surface area contributed by atoms with Crippen LogP contribution < -0.4 is 5.32 Å². The average Bonchev–Trinajstić information content (AvgIpc) is 2.89. The van der Waals surface area contributed by atoms with Crippen LogP contribution in [0.1, 0.15) is 20.3 Å². The number of ether oxygens (including phenoxy) is 1. The van der Waals surface area contributed by atoms with E-state index in [-0.39, 0.29) is 19.2 Å². The highest BCUT2D eigenvalue weighted by Gasteiger charge is 2.28. The fourth-order valence-corrected chi connectivity index (χ4v) is 2.47. The first-order chi connectivity index (χ1) is 9.58. The molecule has 1 heterocycles. The molecule has 0 spiro atoms. The first-order valence-electron chi connectivity index (χ1n) is 7.14. The molecule has 0 aromatic rings. The van der Waals surface area contributed by atoms with Gasteiger partial charge in [0.1, 0.15) is 6.61 Å². The van der Waals surface area contributed by atoms with Crippen molar-refractivity contribution in [2.24, 2.45) is 0 Å². The molecule has 1 unspecified atom stereocenters. The molecule has 7 nitrogen and oxygen atoms in total. The largest absolute Gasteiger partial charge is 0.480 e. The predicted octanol–water partition coefficient (Wildman–Crippen LogP) is 0.213. The summed E-state index contributed by atoms with van der Waals surface area (Å²) in [6, 6.07) is 0.345. The molecule has 0 saturated carbocycles. The van der Waals surface area contributed by atoms with Crippen molar-refractivity contribution in [2.75, 3.05) is 45.9 Å². The van der Waals surface area contributed by atoms with Gasteiger partial charge in [-0.05, 0) is 19.5 Å². The van der Waals surface area contributed by atoms with Gasteiger partial charge in [0.2, 0.25) is 0 Å². The normalized spacial score (nSPS) is 18.6. The third-order valence-electron chi connectivity index (χ3n) is 3.53. The van der Waals surface area contributed by atoms with Crippen molar-refractivity contribution in [2.45, 2.75) is 26.3 Å². The topological polar surface area (TPSA) is 82.1 Å². The van der Waals surface area contributed by atoms with Crippen LogP contribution >= 0.6 is 0 Å². The maximum Gasteiger partial charge on any atom is 0.329 e. The monoisotopic (exact) mass is 287 g/mol. The zero-order valence-corrected chi connectivity index (χ0v) is 12.3. The van der Waals surface area contributed by atoms with Crippen molar-refractivity contribution < 1.29 is 19.4 Å². The number of nitrogens with one attached hydrogen (secondary N) is 1. The van der Waals surface area contributed by atoms with Crippen LogP contribution in [0.4, 0.5) is 4.79 Å². The molecular weight excluding hydrogens is 262 g/mol. The molecule has 20 heavy (non-hydrogen) atoms. The van der Waals surface area contributed by atoms with Crippen LogP contribution in [-0.2, 0) is 9.53 Å². The van der Waals surface area contributed by atoms with E-state index >= 15 is 0 Å². The Labute approximate surface area is 119 Å². The lowest BCUT2D eigenvalue weighted by Gasteiger charge is -2.26. The Morgan fingerprint density at radius 2 is 2.10 bits per heavy atom. The van der Waals surface area contributed by atoms with Gasteiger partial charge in [-0.2, -0.15) is 0 Å². The minimum absolute atomic E-state index is 0.0985. The summed E-state index contributed by atoms with van der Waals surface area (Å²) in [5.74, 6) is -1.00. The first kappa shape index (κ1) is 16.7. The summed E-state index contributed by atoms with van der Waals surface area (Å²) < 4.78 is 4.86. The number of carbonyl (C=O) groups is 2. The van der Waals surface area contributed by atoms with E-state index < -0.39 is 5.97 Å². The summed E-state index contributed by atoms with van der Waals surface area (Å²) in [7, 11) is 0. The van der Waals surface area contributed by atoms with Gasteiger partial charge in [0.15, 0.2) is 0 Å². The number of carboxylic acid groups (broad SMARTS) is 1. The smallest absolute Gasteiger partial charge is 0.329 e.